The molecule has 0 aliphatic rings. The van der Waals surface area contributed by atoms with E-state index in [1.165, 1.54) is 6.08 Å². The number of hydrogen-bond acceptors (Lipinski definition) is 3. The lowest BCUT2D eigenvalue weighted by Gasteiger charge is -2.01. The minimum absolute atomic E-state index is 0.475. The third kappa shape index (κ3) is 5.59. The molecule has 0 radical (unpaired) electrons. The topological polar surface area (TPSA) is 52.4 Å². The van der Waals surface area contributed by atoms with Crippen LogP contribution in [0.1, 0.15) is 12.0 Å². The standard InChI is InChI=1S/C11H13NO3/c13-12(14)8-4-5-9-15-10-11-6-2-1-3-7-11/h1-4,6-8H,5,9-10H2/b8-4+. The van der Waals surface area contributed by atoms with Crippen LogP contribution in [-0.2, 0) is 11.3 Å². The molecule has 0 aromatic heterocycles. The highest BCUT2D eigenvalue weighted by molar-refractivity contribution is 5.13. The molecule has 0 spiro atoms. The first-order valence-corrected chi connectivity index (χ1v) is 4.71. The molecule has 15 heavy (non-hydrogen) atoms. The lowest BCUT2D eigenvalue weighted by Crippen LogP contribution is -1.94. The van der Waals surface area contributed by atoms with Crippen LogP contribution in [0.15, 0.2) is 42.6 Å². The van der Waals surface area contributed by atoms with Gasteiger partial charge in [0.25, 0.3) is 0 Å². The molecule has 80 valence electrons. The highest BCUT2D eigenvalue weighted by Gasteiger charge is 1.91. The van der Waals surface area contributed by atoms with Gasteiger partial charge in [0.1, 0.15) is 0 Å². The maximum Gasteiger partial charge on any atom is 0.230 e. The molecule has 0 aliphatic heterocycles. The highest BCUT2D eigenvalue weighted by atomic mass is 16.6. The quantitative estimate of drug-likeness (QED) is 0.409. The van der Waals surface area contributed by atoms with Crippen molar-refractivity contribution in [1.82, 2.24) is 0 Å². The molecule has 1 aromatic rings. The van der Waals surface area contributed by atoms with Gasteiger partial charge in [0.2, 0.25) is 6.20 Å². The predicted molar refractivity (Wildman–Crippen MR) is 56.8 cm³/mol. The molecular weight excluding hydrogens is 194 g/mol. The molecule has 0 saturated carbocycles. The second-order valence-electron chi connectivity index (χ2n) is 3.00. The van der Waals surface area contributed by atoms with Crippen molar-refractivity contribution in [3.8, 4) is 0 Å². The number of ether oxygens (including phenoxy) is 1. The molecule has 0 amide bonds. The summed E-state index contributed by atoms with van der Waals surface area (Å²) in [5, 5.41) is 9.93. The summed E-state index contributed by atoms with van der Waals surface area (Å²) in [5.74, 6) is 0. The Kier molecular flexibility index (Phi) is 5.11. The molecule has 0 N–H and O–H groups in total. The minimum Gasteiger partial charge on any atom is -0.376 e. The monoisotopic (exact) mass is 207 g/mol. The Morgan fingerprint density at radius 1 is 1.33 bits per heavy atom. The molecule has 4 heteroatoms. The third-order valence-corrected chi connectivity index (χ3v) is 1.77. The van der Waals surface area contributed by atoms with Crippen molar-refractivity contribution in [3.63, 3.8) is 0 Å². The van der Waals surface area contributed by atoms with E-state index < -0.39 is 4.92 Å². The van der Waals surface area contributed by atoms with Crippen LogP contribution in [0.4, 0.5) is 0 Å². The summed E-state index contributed by atoms with van der Waals surface area (Å²) in [4.78, 5) is 9.46. The van der Waals surface area contributed by atoms with Crippen LogP contribution in [-0.4, -0.2) is 11.5 Å². The van der Waals surface area contributed by atoms with E-state index >= 15 is 0 Å². The van der Waals surface area contributed by atoms with Gasteiger partial charge in [-0.25, -0.2) is 0 Å². The van der Waals surface area contributed by atoms with Crippen molar-refractivity contribution >= 4 is 0 Å². The van der Waals surface area contributed by atoms with Crippen LogP contribution in [0.2, 0.25) is 0 Å². The summed E-state index contributed by atoms with van der Waals surface area (Å²) in [6, 6.07) is 9.81. The van der Waals surface area contributed by atoms with E-state index in [0.29, 0.717) is 19.6 Å². The van der Waals surface area contributed by atoms with Gasteiger partial charge in [-0.15, -0.1) is 0 Å². The zero-order valence-corrected chi connectivity index (χ0v) is 8.33. The van der Waals surface area contributed by atoms with Crippen LogP contribution >= 0.6 is 0 Å². The second-order valence-corrected chi connectivity index (χ2v) is 3.00. The number of nitrogens with zero attached hydrogens (tertiary/aromatic N) is 1. The molecule has 1 aromatic carbocycles. The summed E-state index contributed by atoms with van der Waals surface area (Å²) in [5.41, 5.74) is 1.11. The van der Waals surface area contributed by atoms with Crippen LogP contribution < -0.4 is 0 Å². The fourth-order valence-corrected chi connectivity index (χ4v) is 1.08. The molecule has 0 atom stereocenters. The Hall–Kier alpha value is -1.68. The molecule has 0 saturated heterocycles. The normalized spacial score (nSPS) is 10.7. The first kappa shape index (κ1) is 11.4. The minimum atomic E-state index is -0.475. The number of nitro groups is 1. The zero-order chi connectivity index (χ0) is 10.9. The first-order chi connectivity index (χ1) is 7.29. The smallest absolute Gasteiger partial charge is 0.230 e. The molecule has 0 fully saturated rings. The van der Waals surface area contributed by atoms with Crippen molar-refractivity contribution < 1.29 is 9.66 Å². The van der Waals surface area contributed by atoms with Crippen molar-refractivity contribution in [1.29, 1.82) is 0 Å². The highest BCUT2D eigenvalue weighted by Crippen LogP contribution is 2.00. The molecule has 0 bridgehead atoms. The van der Waals surface area contributed by atoms with Gasteiger partial charge in [0.05, 0.1) is 18.1 Å². The van der Waals surface area contributed by atoms with Crippen molar-refractivity contribution in [3.05, 3.63) is 58.3 Å². The second kappa shape index (κ2) is 6.73. The van der Waals surface area contributed by atoms with Gasteiger partial charge in [0.15, 0.2) is 0 Å². The lowest BCUT2D eigenvalue weighted by molar-refractivity contribution is -0.402. The van der Waals surface area contributed by atoms with Crippen molar-refractivity contribution in [2.24, 2.45) is 0 Å². The van der Waals surface area contributed by atoms with E-state index in [1.807, 2.05) is 30.3 Å². The van der Waals surface area contributed by atoms with Crippen molar-refractivity contribution in [2.45, 2.75) is 13.0 Å². The van der Waals surface area contributed by atoms with Gasteiger partial charge in [-0.3, -0.25) is 10.1 Å². The average Bonchev–Trinajstić information content (AvgIpc) is 2.24. The van der Waals surface area contributed by atoms with Gasteiger partial charge in [-0.2, -0.15) is 0 Å². The van der Waals surface area contributed by atoms with Gasteiger partial charge in [-0.05, 0) is 18.1 Å². The summed E-state index contributed by atoms with van der Waals surface area (Å²) in [6.07, 6.45) is 2.99. The third-order valence-electron chi connectivity index (χ3n) is 1.77. The lowest BCUT2D eigenvalue weighted by atomic mass is 10.2. The number of benzene rings is 1. The Labute approximate surface area is 88.3 Å². The zero-order valence-electron chi connectivity index (χ0n) is 8.33. The van der Waals surface area contributed by atoms with Gasteiger partial charge >= 0.3 is 0 Å². The maximum absolute atomic E-state index is 9.93. The fourth-order valence-electron chi connectivity index (χ4n) is 1.08. The van der Waals surface area contributed by atoms with E-state index in [9.17, 15) is 10.1 Å². The fraction of sp³-hybridized carbons (Fsp3) is 0.273. The molecular formula is C11H13NO3. The van der Waals surface area contributed by atoms with Crippen molar-refractivity contribution in [2.75, 3.05) is 6.61 Å². The predicted octanol–water partition coefficient (Wildman–Crippen LogP) is 2.38. The summed E-state index contributed by atoms with van der Waals surface area (Å²) < 4.78 is 5.33. The molecule has 0 unspecified atom stereocenters. The summed E-state index contributed by atoms with van der Waals surface area (Å²) in [7, 11) is 0. The van der Waals surface area contributed by atoms with E-state index in [2.05, 4.69) is 0 Å². The molecule has 1 rings (SSSR count). The SMILES string of the molecule is O=[N+]([O-])/C=C/CCOCc1ccccc1. The number of rotatable bonds is 6. The molecule has 0 aliphatic carbocycles. The Morgan fingerprint density at radius 3 is 2.73 bits per heavy atom. The maximum atomic E-state index is 9.93. The largest absolute Gasteiger partial charge is 0.376 e. The first-order valence-electron chi connectivity index (χ1n) is 4.71. The van der Waals surface area contributed by atoms with E-state index in [1.54, 1.807) is 0 Å². The van der Waals surface area contributed by atoms with Crippen LogP contribution in [0.3, 0.4) is 0 Å². The van der Waals surface area contributed by atoms with E-state index in [-0.39, 0.29) is 0 Å². The molecule has 4 nitrogen and oxygen atoms in total. The molecule has 0 heterocycles. The van der Waals surface area contributed by atoms with E-state index in [4.69, 9.17) is 4.74 Å². The Balaban J connectivity index is 2.10. The Morgan fingerprint density at radius 2 is 2.07 bits per heavy atom. The van der Waals surface area contributed by atoms with Gasteiger partial charge < -0.3 is 4.74 Å². The Bertz CT molecular complexity index is 322. The number of hydrogen-bond donors (Lipinski definition) is 0. The van der Waals surface area contributed by atoms with Crippen LogP contribution in [0.5, 0.6) is 0 Å². The van der Waals surface area contributed by atoms with Crippen LogP contribution in [0, 0.1) is 10.1 Å². The summed E-state index contributed by atoms with van der Waals surface area (Å²) >= 11 is 0. The van der Waals surface area contributed by atoms with E-state index in [0.717, 1.165) is 11.8 Å². The summed E-state index contributed by atoms with van der Waals surface area (Å²) in [6.45, 7) is 1.05. The van der Waals surface area contributed by atoms with Crippen LogP contribution in [0.25, 0.3) is 0 Å². The van der Waals surface area contributed by atoms with Gasteiger partial charge in [0, 0.05) is 0 Å². The average molecular weight is 207 g/mol. The van der Waals surface area contributed by atoms with Gasteiger partial charge in [-0.1, -0.05) is 30.3 Å².